The average Bonchev–Trinajstić information content (AvgIpc) is 2.72. The third kappa shape index (κ3) is 5.98. The number of hydrogen-bond donors (Lipinski definition) is 1. The standard InChI is InChI=1S/C21H26N2O4/c1-25-19-3-2-4-20(15-19)27-12-9-22-21(24)18-7-5-17(6-8-18)16-23-10-13-26-14-11-23/h2-8,15H,9-14,16H2,1H3,(H,22,24). The second kappa shape index (κ2) is 9.94. The van der Waals surface area contributed by atoms with E-state index in [1.54, 1.807) is 7.11 Å². The number of nitrogens with one attached hydrogen (secondary N) is 1. The largest absolute Gasteiger partial charge is 0.497 e. The molecule has 0 saturated carbocycles. The molecule has 6 nitrogen and oxygen atoms in total. The summed E-state index contributed by atoms with van der Waals surface area (Å²) in [4.78, 5) is 14.6. The molecule has 0 atom stereocenters. The van der Waals surface area contributed by atoms with Gasteiger partial charge in [-0.25, -0.2) is 0 Å². The number of carbonyl (C=O) groups is 1. The minimum absolute atomic E-state index is 0.0952. The molecule has 0 aromatic heterocycles. The number of rotatable bonds is 8. The first-order valence-electron chi connectivity index (χ1n) is 9.19. The van der Waals surface area contributed by atoms with Crippen molar-refractivity contribution in [3.05, 3.63) is 59.7 Å². The highest BCUT2D eigenvalue weighted by atomic mass is 16.5. The summed E-state index contributed by atoms with van der Waals surface area (Å²) < 4.78 is 16.1. The van der Waals surface area contributed by atoms with Crippen LogP contribution >= 0.6 is 0 Å². The Morgan fingerprint density at radius 2 is 1.85 bits per heavy atom. The van der Waals surface area contributed by atoms with Gasteiger partial charge in [0.25, 0.3) is 5.91 Å². The van der Waals surface area contributed by atoms with E-state index in [4.69, 9.17) is 14.2 Å². The molecule has 1 aliphatic heterocycles. The summed E-state index contributed by atoms with van der Waals surface area (Å²) in [6, 6.07) is 15.2. The molecule has 6 heteroatoms. The van der Waals surface area contributed by atoms with Crippen LogP contribution in [0.15, 0.2) is 48.5 Å². The van der Waals surface area contributed by atoms with E-state index in [0.717, 1.165) is 44.3 Å². The molecule has 0 bridgehead atoms. The summed E-state index contributed by atoms with van der Waals surface area (Å²) in [5.74, 6) is 1.37. The van der Waals surface area contributed by atoms with Gasteiger partial charge in [-0.1, -0.05) is 18.2 Å². The molecule has 1 saturated heterocycles. The average molecular weight is 370 g/mol. The van der Waals surface area contributed by atoms with Gasteiger partial charge in [-0.3, -0.25) is 9.69 Å². The zero-order valence-electron chi connectivity index (χ0n) is 15.6. The Kier molecular flexibility index (Phi) is 7.07. The number of hydrogen-bond acceptors (Lipinski definition) is 5. The van der Waals surface area contributed by atoms with Crippen LogP contribution in [-0.2, 0) is 11.3 Å². The van der Waals surface area contributed by atoms with Crippen LogP contribution in [-0.4, -0.2) is 57.4 Å². The van der Waals surface area contributed by atoms with Crippen molar-refractivity contribution in [3.63, 3.8) is 0 Å². The summed E-state index contributed by atoms with van der Waals surface area (Å²) in [6.45, 7) is 5.21. The van der Waals surface area contributed by atoms with Crippen LogP contribution in [0, 0.1) is 0 Å². The van der Waals surface area contributed by atoms with E-state index in [2.05, 4.69) is 10.2 Å². The second-order valence-electron chi connectivity index (χ2n) is 6.37. The smallest absolute Gasteiger partial charge is 0.251 e. The topological polar surface area (TPSA) is 60.0 Å². The lowest BCUT2D eigenvalue weighted by Crippen LogP contribution is -2.35. The molecule has 0 unspecified atom stereocenters. The maximum absolute atomic E-state index is 12.2. The lowest BCUT2D eigenvalue weighted by Gasteiger charge is -2.26. The molecule has 2 aromatic carbocycles. The molecule has 1 fully saturated rings. The van der Waals surface area contributed by atoms with Crippen LogP contribution in [0.5, 0.6) is 11.5 Å². The second-order valence-corrected chi connectivity index (χ2v) is 6.37. The Hall–Kier alpha value is -2.57. The highest BCUT2D eigenvalue weighted by Gasteiger charge is 2.11. The zero-order valence-corrected chi connectivity index (χ0v) is 15.6. The highest BCUT2D eigenvalue weighted by molar-refractivity contribution is 5.94. The predicted octanol–water partition coefficient (Wildman–Crippen LogP) is 2.34. The van der Waals surface area contributed by atoms with E-state index >= 15 is 0 Å². The molecule has 27 heavy (non-hydrogen) atoms. The first kappa shape index (κ1) is 19.2. The number of ether oxygens (including phenoxy) is 3. The SMILES string of the molecule is COc1cccc(OCCNC(=O)c2ccc(CN3CCOCC3)cc2)c1. The van der Waals surface area contributed by atoms with E-state index in [-0.39, 0.29) is 5.91 Å². The normalized spacial score (nSPS) is 14.6. The van der Waals surface area contributed by atoms with Gasteiger partial charge in [-0.05, 0) is 29.8 Å². The minimum Gasteiger partial charge on any atom is -0.497 e. The van der Waals surface area contributed by atoms with Gasteiger partial charge in [0.05, 0.1) is 26.9 Å². The molecular formula is C21H26N2O4. The van der Waals surface area contributed by atoms with Gasteiger partial charge < -0.3 is 19.5 Å². The van der Waals surface area contributed by atoms with E-state index in [1.807, 2.05) is 48.5 Å². The molecule has 1 amide bonds. The molecule has 1 heterocycles. The van der Waals surface area contributed by atoms with E-state index in [0.29, 0.717) is 18.7 Å². The van der Waals surface area contributed by atoms with Crippen LogP contribution in [0.1, 0.15) is 15.9 Å². The van der Waals surface area contributed by atoms with Crippen LogP contribution in [0.4, 0.5) is 0 Å². The Balaban J connectivity index is 1.41. The fourth-order valence-corrected chi connectivity index (χ4v) is 2.91. The van der Waals surface area contributed by atoms with Crippen molar-refractivity contribution in [2.24, 2.45) is 0 Å². The van der Waals surface area contributed by atoms with Crippen molar-refractivity contribution in [3.8, 4) is 11.5 Å². The van der Waals surface area contributed by atoms with Crippen molar-refractivity contribution in [1.29, 1.82) is 0 Å². The summed E-state index contributed by atoms with van der Waals surface area (Å²) in [6.07, 6.45) is 0. The van der Waals surface area contributed by atoms with Gasteiger partial charge in [0, 0.05) is 31.3 Å². The van der Waals surface area contributed by atoms with Gasteiger partial charge in [-0.15, -0.1) is 0 Å². The van der Waals surface area contributed by atoms with E-state index < -0.39 is 0 Å². The van der Waals surface area contributed by atoms with E-state index in [1.165, 1.54) is 5.56 Å². The number of nitrogens with zero attached hydrogens (tertiary/aromatic N) is 1. The fraction of sp³-hybridized carbons (Fsp3) is 0.381. The van der Waals surface area contributed by atoms with Crippen LogP contribution in [0.2, 0.25) is 0 Å². The van der Waals surface area contributed by atoms with Crippen LogP contribution in [0.3, 0.4) is 0 Å². The van der Waals surface area contributed by atoms with Crippen molar-refractivity contribution in [2.45, 2.75) is 6.54 Å². The van der Waals surface area contributed by atoms with Crippen LogP contribution in [0.25, 0.3) is 0 Å². The third-order valence-electron chi connectivity index (χ3n) is 4.42. The number of morpholine rings is 1. The molecule has 3 rings (SSSR count). The molecular weight excluding hydrogens is 344 g/mol. The highest BCUT2D eigenvalue weighted by Crippen LogP contribution is 2.18. The Bertz CT molecular complexity index is 727. The lowest BCUT2D eigenvalue weighted by atomic mass is 10.1. The molecule has 0 aliphatic carbocycles. The van der Waals surface area contributed by atoms with Gasteiger partial charge in [0.2, 0.25) is 0 Å². The fourth-order valence-electron chi connectivity index (χ4n) is 2.91. The Labute approximate surface area is 160 Å². The molecule has 1 aliphatic rings. The number of methoxy groups -OCH3 is 1. The zero-order chi connectivity index (χ0) is 18.9. The first-order valence-corrected chi connectivity index (χ1v) is 9.19. The van der Waals surface area contributed by atoms with Crippen LogP contribution < -0.4 is 14.8 Å². The minimum atomic E-state index is -0.0952. The van der Waals surface area contributed by atoms with E-state index in [9.17, 15) is 4.79 Å². The molecule has 1 N–H and O–H groups in total. The summed E-state index contributed by atoms with van der Waals surface area (Å²) >= 11 is 0. The molecule has 144 valence electrons. The third-order valence-corrected chi connectivity index (χ3v) is 4.42. The quantitative estimate of drug-likeness (QED) is 0.723. The molecule has 0 spiro atoms. The predicted molar refractivity (Wildman–Crippen MR) is 103 cm³/mol. The molecule has 2 aromatic rings. The number of carbonyl (C=O) groups excluding carboxylic acids is 1. The number of amides is 1. The lowest BCUT2D eigenvalue weighted by molar-refractivity contribution is 0.0342. The Morgan fingerprint density at radius 1 is 1.11 bits per heavy atom. The monoisotopic (exact) mass is 370 g/mol. The van der Waals surface area contributed by atoms with Crippen molar-refractivity contribution < 1.29 is 19.0 Å². The Morgan fingerprint density at radius 3 is 2.59 bits per heavy atom. The summed E-state index contributed by atoms with van der Waals surface area (Å²) in [5.41, 5.74) is 1.86. The van der Waals surface area contributed by atoms with Crippen molar-refractivity contribution in [1.82, 2.24) is 10.2 Å². The van der Waals surface area contributed by atoms with Gasteiger partial charge in [0.1, 0.15) is 18.1 Å². The maximum Gasteiger partial charge on any atom is 0.251 e. The molecule has 0 radical (unpaired) electrons. The van der Waals surface area contributed by atoms with Crippen molar-refractivity contribution in [2.75, 3.05) is 46.6 Å². The van der Waals surface area contributed by atoms with Gasteiger partial charge in [0.15, 0.2) is 0 Å². The maximum atomic E-state index is 12.2. The van der Waals surface area contributed by atoms with Gasteiger partial charge in [-0.2, -0.15) is 0 Å². The van der Waals surface area contributed by atoms with Crippen molar-refractivity contribution >= 4 is 5.91 Å². The summed E-state index contributed by atoms with van der Waals surface area (Å²) in [5, 5.41) is 2.88. The number of benzene rings is 2. The van der Waals surface area contributed by atoms with Gasteiger partial charge >= 0.3 is 0 Å². The first-order chi connectivity index (χ1) is 13.2. The summed E-state index contributed by atoms with van der Waals surface area (Å²) in [7, 11) is 1.62.